The maximum atomic E-state index is 12.2. The third kappa shape index (κ3) is 3.08. The molecule has 0 aromatic heterocycles. The number of aryl methyl sites for hydroxylation is 1. The topological polar surface area (TPSA) is 66.4 Å². The van der Waals surface area contributed by atoms with Crippen LogP contribution in [-0.4, -0.2) is 13.5 Å². The molecule has 0 aliphatic heterocycles. The van der Waals surface area contributed by atoms with E-state index in [0.717, 1.165) is 5.56 Å². The van der Waals surface area contributed by atoms with E-state index in [2.05, 4.69) is 20.7 Å². The largest absolute Gasteiger partial charge is 0.506 e. The lowest BCUT2D eigenvalue weighted by Gasteiger charge is -2.11. The van der Waals surface area contributed by atoms with E-state index >= 15 is 0 Å². The van der Waals surface area contributed by atoms with Crippen molar-refractivity contribution in [1.82, 2.24) is 0 Å². The second-order valence-corrected chi connectivity index (χ2v) is 6.56. The van der Waals surface area contributed by atoms with Crippen molar-refractivity contribution in [3.63, 3.8) is 0 Å². The molecule has 2 aromatic carbocycles. The zero-order valence-corrected chi connectivity index (χ0v) is 12.5. The molecule has 0 heterocycles. The molecule has 6 heteroatoms. The molecule has 2 N–H and O–H groups in total. The zero-order chi connectivity index (χ0) is 14.0. The van der Waals surface area contributed by atoms with Crippen LogP contribution in [-0.2, 0) is 10.0 Å². The maximum absolute atomic E-state index is 12.2. The molecule has 0 aliphatic rings. The first-order valence-electron chi connectivity index (χ1n) is 5.47. The summed E-state index contributed by atoms with van der Waals surface area (Å²) in [5, 5.41) is 9.60. The van der Waals surface area contributed by atoms with E-state index in [4.69, 9.17) is 0 Å². The van der Waals surface area contributed by atoms with Crippen LogP contribution < -0.4 is 4.72 Å². The molecule has 2 aromatic rings. The monoisotopic (exact) mass is 341 g/mol. The normalized spacial score (nSPS) is 11.3. The molecule has 19 heavy (non-hydrogen) atoms. The van der Waals surface area contributed by atoms with Crippen molar-refractivity contribution in [2.75, 3.05) is 4.72 Å². The van der Waals surface area contributed by atoms with Crippen LogP contribution in [0.4, 0.5) is 5.69 Å². The number of sulfonamides is 1. The molecule has 0 fully saturated rings. The van der Waals surface area contributed by atoms with Gasteiger partial charge in [0.2, 0.25) is 0 Å². The fourth-order valence-electron chi connectivity index (χ4n) is 1.58. The second kappa shape index (κ2) is 5.22. The number of benzene rings is 2. The number of phenols is 1. The Kier molecular flexibility index (Phi) is 3.82. The van der Waals surface area contributed by atoms with Gasteiger partial charge in [-0.05, 0) is 52.7 Å². The van der Waals surface area contributed by atoms with Crippen molar-refractivity contribution in [3.8, 4) is 5.75 Å². The van der Waals surface area contributed by atoms with Crippen LogP contribution >= 0.6 is 15.9 Å². The molecule has 100 valence electrons. The summed E-state index contributed by atoms with van der Waals surface area (Å²) in [7, 11) is -3.74. The number of anilines is 1. The minimum atomic E-state index is -3.74. The van der Waals surface area contributed by atoms with Gasteiger partial charge < -0.3 is 5.11 Å². The van der Waals surface area contributed by atoms with E-state index in [1.165, 1.54) is 18.2 Å². The lowest BCUT2D eigenvalue weighted by molar-refractivity contribution is 0.477. The first kappa shape index (κ1) is 13.9. The third-order valence-corrected chi connectivity index (χ3v) is 4.87. The van der Waals surface area contributed by atoms with Gasteiger partial charge >= 0.3 is 0 Å². The summed E-state index contributed by atoms with van der Waals surface area (Å²) in [6, 6.07) is 11.1. The van der Waals surface area contributed by atoms with Gasteiger partial charge in [-0.25, -0.2) is 8.42 Å². The van der Waals surface area contributed by atoms with Crippen LogP contribution in [0.5, 0.6) is 5.75 Å². The SMILES string of the molecule is Cc1ccc(S(=O)(=O)Nc2ccccc2O)c(Br)c1. The molecule has 0 unspecified atom stereocenters. The maximum Gasteiger partial charge on any atom is 0.263 e. The lowest BCUT2D eigenvalue weighted by Crippen LogP contribution is -2.13. The highest BCUT2D eigenvalue weighted by molar-refractivity contribution is 9.10. The Balaban J connectivity index is 2.41. The third-order valence-electron chi connectivity index (χ3n) is 2.53. The quantitative estimate of drug-likeness (QED) is 0.842. The van der Waals surface area contributed by atoms with Crippen molar-refractivity contribution >= 4 is 31.6 Å². The van der Waals surface area contributed by atoms with Gasteiger partial charge in [-0.15, -0.1) is 0 Å². The number of hydrogen-bond acceptors (Lipinski definition) is 3. The van der Waals surface area contributed by atoms with Gasteiger partial charge in [-0.2, -0.15) is 0 Å². The number of nitrogens with one attached hydrogen (secondary N) is 1. The average molecular weight is 342 g/mol. The highest BCUT2D eigenvalue weighted by atomic mass is 79.9. The van der Waals surface area contributed by atoms with Crippen LogP contribution in [0.3, 0.4) is 0 Å². The minimum absolute atomic E-state index is 0.116. The molecular weight excluding hydrogens is 330 g/mol. The van der Waals surface area contributed by atoms with Crippen LogP contribution in [0.25, 0.3) is 0 Å². The Morgan fingerprint density at radius 1 is 1.16 bits per heavy atom. The van der Waals surface area contributed by atoms with Gasteiger partial charge in [0.05, 0.1) is 5.69 Å². The fourth-order valence-corrected chi connectivity index (χ4v) is 3.85. The Bertz CT molecular complexity index is 714. The summed E-state index contributed by atoms with van der Waals surface area (Å²) in [4.78, 5) is 0.126. The van der Waals surface area contributed by atoms with Gasteiger partial charge in [-0.3, -0.25) is 4.72 Å². The Hall–Kier alpha value is -1.53. The first-order chi connectivity index (χ1) is 8.90. The summed E-state index contributed by atoms with van der Waals surface area (Å²) in [5.74, 6) is -0.116. The van der Waals surface area contributed by atoms with Gasteiger partial charge in [0.15, 0.2) is 0 Å². The highest BCUT2D eigenvalue weighted by Crippen LogP contribution is 2.28. The molecule has 0 saturated carbocycles. The van der Waals surface area contributed by atoms with E-state index in [1.54, 1.807) is 24.3 Å². The summed E-state index contributed by atoms with van der Waals surface area (Å²) in [6.07, 6.45) is 0. The Labute approximate surface area is 120 Å². The molecule has 2 rings (SSSR count). The van der Waals surface area contributed by atoms with Gasteiger partial charge in [0.1, 0.15) is 10.6 Å². The molecule has 0 atom stereocenters. The van der Waals surface area contributed by atoms with Crippen molar-refractivity contribution in [1.29, 1.82) is 0 Å². The summed E-state index contributed by atoms with van der Waals surface area (Å²) in [6.45, 7) is 1.87. The molecule has 0 radical (unpaired) electrons. The Morgan fingerprint density at radius 3 is 2.47 bits per heavy atom. The van der Waals surface area contributed by atoms with Crippen molar-refractivity contribution in [3.05, 3.63) is 52.5 Å². The fraction of sp³-hybridized carbons (Fsp3) is 0.0769. The van der Waals surface area contributed by atoms with Crippen LogP contribution in [0.15, 0.2) is 51.8 Å². The molecule has 4 nitrogen and oxygen atoms in total. The van der Waals surface area contributed by atoms with Gasteiger partial charge in [-0.1, -0.05) is 18.2 Å². The van der Waals surface area contributed by atoms with E-state index in [9.17, 15) is 13.5 Å². The van der Waals surface area contributed by atoms with Crippen LogP contribution in [0.1, 0.15) is 5.56 Å². The summed E-state index contributed by atoms with van der Waals surface area (Å²) >= 11 is 3.23. The molecule has 0 spiro atoms. The average Bonchev–Trinajstić information content (AvgIpc) is 2.31. The standard InChI is InChI=1S/C13H12BrNO3S/c1-9-6-7-13(10(14)8-9)19(17,18)15-11-4-2-3-5-12(11)16/h2-8,15-16H,1H3. The number of rotatable bonds is 3. The Morgan fingerprint density at radius 2 is 1.84 bits per heavy atom. The molecular formula is C13H12BrNO3S. The van der Waals surface area contributed by atoms with E-state index in [-0.39, 0.29) is 16.3 Å². The number of halogens is 1. The number of aromatic hydroxyl groups is 1. The predicted molar refractivity (Wildman–Crippen MR) is 77.8 cm³/mol. The van der Waals surface area contributed by atoms with Crippen molar-refractivity contribution in [2.24, 2.45) is 0 Å². The number of phenolic OH excluding ortho intramolecular Hbond substituents is 1. The summed E-state index contributed by atoms with van der Waals surface area (Å²) in [5.41, 5.74) is 1.10. The predicted octanol–water partition coefficient (Wildman–Crippen LogP) is 3.26. The number of para-hydroxylation sites is 2. The van der Waals surface area contributed by atoms with E-state index in [0.29, 0.717) is 4.47 Å². The molecule has 0 aliphatic carbocycles. The molecule has 0 saturated heterocycles. The summed E-state index contributed by atoms with van der Waals surface area (Å²) < 4.78 is 27.3. The smallest absolute Gasteiger partial charge is 0.263 e. The zero-order valence-electron chi connectivity index (χ0n) is 10.1. The molecule has 0 amide bonds. The van der Waals surface area contributed by atoms with Crippen LogP contribution in [0, 0.1) is 6.92 Å². The van der Waals surface area contributed by atoms with E-state index < -0.39 is 10.0 Å². The first-order valence-corrected chi connectivity index (χ1v) is 7.75. The minimum Gasteiger partial charge on any atom is -0.506 e. The molecule has 0 bridgehead atoms. The number of hydrogen-bond donors (Lipinski definition) is 2. The van der Waals surface area contributed by atoms with Crippen molar-refractivity contribution < 1.29 is 13.5 Å². The highest BCUT2D eigenvalue weighted by Gasteiger charge is 2.18. The van der Waals surface area contributed by atoms with Gasteiger partial charge in [0.25, 0.3) is 10.0 Å². The van der Waals surface area contributed by atoms with Crippen LogP contribution in [0.2, 0.25) is 0 Å². The van der Waals surface area contributed by atoms with Crippen molar-refractivity contribution in [2.45, 2.75) is 11.8 Å². The lowest BCUT2D eigenvalue weighted by atomic mass is 10.2. The van der Waals surface area contributed by atoms with Gasteiger partial charge in [0, 0.05) is 4.47 Å². The second-order valence-electron chi connectivity index (χ2n) is 4.06. The van der Waals surface area contributed by atoms with E-state index in [1.807, 2.05) is 6.92 Å².